The summed E-state index contributed by atoms with van der Waals surface area (Å²) in [6.07, 6.45) is 2.42. The highest BCUT2D eigenvalue weighted by Gasteiger charge is 2.34. The smallest absolute Gasteiger partial charge is 0.153 e. The average molecular weight is 219 g/mol. The van der Waals surface area contributed by atoms with Crippen molar-refractivity contribution in [2.24, 2.45) is 5.92 Å². The van der Waals surface area contributed by atoms with Crippen molar-refractivity contribution in [3.63, 3.8) is 0 Å². The van der Waals surface area contributed by atoms with Crippen LogP contribution in [0.2, 0.25) is 0 Å². The van der Waals surface area contributed by atoms with E-state index in [1.54, 1.807) is 13.8 Å². The lowest BCUT2D eigenvalue weighted by Gasteiger charge is -2.08. The zero-order valence-corrected chi connectivity index (χ0v) is 10.1. The molecule has 4 heteroatoms. The molecule has 0 bridgehead atoms. The molecule has 1 aliphatic rings. The second kappa shape index (κ2) is 4.62. The van der Waals surface area contributed by atoms with Gasteiger partial charge in [-0.25, -0.2) is 8.42 Å². The molecule has 14 heavy (non-hydrogen) atoms. The minimum Gasteiger partial charge on any atom is -0.313 e. The summed E-state index contributed by atoms with van der Waals surface area (Å²) in [6.45, 7) is 6.27. The van der Waals surface area contributed by atoms with Crippen molar-refractivity contribution >= 4 is 9.84 Å². The van der Waals surface area contributed by atoms with Gasteiger partial charge in [0.2, 0.25) is 0 Å². The molecule has 1 saturated carbocycles. The van der Waals surface area contributed by atoms with Crippen LogP contribution in [-0.4, -0.2) is 32.0 Å². The highest BCUT2D eigenvalue weighted by atomic mass is 32.2. The molecule has 1 N–H and O–H groups in total. The molecule has 0 amide bonds. The van der Waals surface area contributed by atoms with Gasteiger partial charge in [-0.1, -0.05) is 13.3 Å². The first-order valence-electron chi connectivity index (χ1n) is 5.42. The van der Waals surface area contributed by atoms with Crippen molar-refractivity contribution in [2.45, 2.75) is 44.9 Å². The Hall–Kier alpha value is -0.0900. The Morgan fingerprint density at radius 3 is 2.50 bits per heavy atom. The van der Waals surface area contributed by atoms with Crippen molar-refractivity contribution in [3.8, 4) is 0 Å². The van der Waals surface area contributed by atoms with Crippen LogP contribution < -0.4 is 5.32 Å². The monoisotopic (exact) mass is 219 g/mol. The Kier molecular flexibility index (Phi) is 3.95. The quantitative estimate of drug-likeness (QED) is 0.730. The third-order valence-corrected chi connectivity index (χ3v) is 5.17. The van der Waals surface area contributed by atoms with E-state index in [9.17, 15) is 8.42 Å². The van der Waals surface area contributed by atoms with Crippen molar-refractivity contribution in [1.29, 1.82) is 0 Å². The first-order chi connectivity index (χ1) is 6.47. The third-order valence-electron chi connectivity index (χ3n) is 2.96. The summed E-state index contributed by atoms with van der Waals surface area (Å²) in [7, 11) is -2.85. The van der Waals surface area contributed by atoms with Crippen molar-refractivity contribution < 1.29 is 8.42 Å². The molecule has 1 fully saturated rings. The number of nitrogens with one attached hydrogen (secondary N) is 1. The minimum atomic E-state index is -2.85. The average Bonchev–Trinajstić information content (AvgIpc) is 2.83. The molecule has 2 unspecified atom stereocenters. The first kappa shape index (κ1) is 12.0. The predicted molar refractivity (Wildman–Crippen MR) is 59.1 cm³/mol. The van der Waals surface area contributed by atoms with Crippen molar-refractivity contribution in [3.05, 3.63) is 0 Å². The number of hydrogen-bond donors (Lipinski definition) is 1. The molecular formula is C10H21NO2S. The number of sulfone groups is 1. The van der Waals surface area contributed by atoms with Crippen LogP contribution in [0.25, 0.3) is 0 Å². The largest absolute Gasteiger partial charge is 0.313 e. The van der Waals surface area contributed by atoms with Gasteiger partial charge in [-0.2, -0.15) is 0 Å². The normalized spacial score (nSPS) is 26.9. The van der Waals surface area contributed by atoms with E-state index in [1.165, 1.54) is 12.8 Å². The van der Waals surface area contributed by atoms with E-state index in [2.05, 4.69) is 12.2 Å². The second-order valence-electron chi connectivity index (χ2n) is 4.38. The maximum absolute atomic E-state index is 11.4. The third kappa shape index (κ3) is 3.24. The van der Waals surface area contributed by atoms with Gasteiger partial charge in [-0.15, -0.1) is 0 Å². The Labute approximate surface area is 87.2 Å². The number of hydrogen-bond acceptors (Lipinski definition) is 3. The number of rotatable bonds is 6. The van der Waals surface area contributed by atoms with Crippen LogP contribution in [0.15, 0.2) is 0 Å². The van der Waals surface area contributed by atoms with Crippen LogP contribution in [0.3, 0.4) is 0 Å². The van der Waals surface area contributed by atoms with Gasteiger partial charge < -0.3 is 5.32 Å². The molecular weight excluding hydrogens is 198 g/mol. The van der Waals surface area contributed by atoms with Crippen LogP contribution in [0.1, 0.15) is 33.6 Å². The second-order valence-corrected chi connectivity index (χ2v) is 7.06. The molecule has 0 aromatic carbocycles. The van der Waals surface area contributed by atoms with E-state index in [-0.39, 0.29) is 11.0 Å². The summed E-state index contributed by atoms with van der Waals surface area (Å²) >= 11 is 0. The van der Waals surface area contributed by atoms with Gasteiger partial charge >= 0.3 is 0 Å². The summed E-state index contributed by atoms with van der Waals surface area (Å²) in [5.41, 5.74) is 0. The van der Waals surface area contributed by atoms with Gasteiger partial charge in [-0.3, -0.25) is 0 Å². The summed E-state index contributed by atoms with van der Waals surface area (Å²) in [6, 6.07) is 0.586. The van der Waals surface area contributed by atoms with E-state index in [0.717, 1.165) is 5.92 Å². The topological polar surface area (TPSA) is 46.2 Å². The predicted octanol–water partition coefficient (Wildman–Crippen LogP) is 1.20. The molecule has 0 aromatic rings. The van der Waals surface area contributed by atoms with Gasteiger partial charge in [-0.05, 0) is 26.2 Å². The van der Waals surface area contributed by atoms with E-state index in [1.807, 2.05) is 0 Å². The first-order valence-corrected chi connectivity index (χ1v) is 7.14. The lowest BCUT2D eigenvalue weighted by Crippen LogP contribution is -2.29. The molecule has 1 rings (SSSR count). The zero-order chi connectivity index (χ0) is 10.8. The summed E-state index contributed by atoms with van der Waals surface area (Å²) in [5, 5.41) is 3.04. The zero-order valence-electron chi connectivity index (χ0n) is 9.29. The fourth-order valence-electron chi connectivity index (χ4n) is 1.57. The van der Waals surface area contributed by atoms with Gasteiger partial charge in [0, 0.05) is 12.6 Å². The highest BCUT2D eigenvalue weighted by molar-refractivity contribution is 7.92. The van der Waals surface area contributed by atoms with Crippen LogP contribution in [0.5, 0.6) is 0 Å². The van der Waals surface area contributed by atoms with Crippen LogP contribution in [0.4, 0.5) is 0 Å². The molecule has 1 aliphatic carbocycles. The van der Waals surface area contributed by atoms with Crippen LogP contribution >= 0.6 is 0 Å². The van der Waals surface area contributed by atoms with E-state index < -0.39 is 9.84 Å². The van der Waals surface area contributed by atoms with Crippen LogP contribution in [-0.2, 0) is 9.84 Å². The highest BCUT2D eigenvalue weighted by Crippen LogP contribution is 2.32. The van der Waals surface area contributed by atoms with Crippen molar-refractivity contribution in [1.82, 2.24) is 5.32 Å². The molecule has 0 radical (unpaired) electrons. The fraction of sp³-hybridized carbons (Fsp3) is 1.00. The van der Waals surface area contributed by atoms with E-state index >= 15 is 0 Å². The molecule has 0 spiro atoms. The lowest BCUT2D eigenvalue weighted by atomic mass is 10.3. The van der Waals surface area contributed by atoms with Gasteiger partial charge in [0.05, 0.1) is 11.0 Å². The van der Waals surface area contributed by atoms with Crippen LogP contribution in [0, 0.1) is 5.92 Å². The minimum absolute atomic E-state index is 0.245. The summed E-state index contributed by atoms with van der Waals surface area (Å²) in [4.78, 5) is 0. The SMILES string of the molecule is CCC1CC1NCCS(=O)(=O)C(C)C. The van der Waals surface area contributed by atoms with Gasteiger partial charge in [0.1, 0.15) is 0 Å². The van der Waals surface area contributed by atoms with E-state index in [0.29, 0.717) is 12.6 Å². The fourth-order valence-corrected chi connectivity index (χ4v) is 2.44. The molecule has 2 atom stereocenters. The Bertz CT molecular complexity index is 272. The Morgan fingerprint density at radius 2 is 2.07 bits per heavy atom. The molecule has 0 aliphatic heterocycles. The maximum Gasteiger partial charge on any atom is 0.153 e. The maximum atomic E-state index is 11.4. The molecule has 0 saturated heterocycles. The summed E-state index contributed by atoms with van der Waals surface area (Å²) in [5.74, 6) is 1.06. The van der Waals surface area contributed by atoms with Crippen molar-refractivity contribution in [2.75, 3.05) is 12.3 Å². The van der Waals surface area contributed by atoms with E-state index in [4.69, 9.17) is 0 Å². The molecule has 0 aromatic heterocycles. The lowest BCUT2D eigenvalue weighted by molar-refractivity contribution is 0.578. The molecule has 3 nitrogen and oxygen atoms in total. The molecule has 0 heterocycles. The summed E-state index contributed by atoms with van der Waals surface area (Å²) < 4.78 is 22.9. The van der Waals surface area contributed by atoms with Gasteiger partial charge in [0.25, 0.3) is 0 Å². The molecule has 84 valence electrons. The Morgan fingerprint density at radius 1 is 1.43 bits per heavy atom. The van der Waals surface area contributed by atoms with Gasteiger partial charge in [0.15, 0.2) is 9.84 Å². The Balaban J connectivity index is 2.16. The standard InChI is InChI=1S/C10H21NO2S/c1-4-9-7-10(9)11-5-6-14(12,13)8(2)3/h8-11H,4-7H2,1-3H3.